The van der Waals surface area contributed by atoms with Gasteiger partial charge in [0.05, 0.1) is 12.3 Å². The fourth-order valence-corrected chi connectivity index (χ4v) is 3.18. The molecule has 0 aromatic carbocycles. The molecule has 1 aromatic rings. The van der Waals surface area contributed by atoms with Crippen LogP contribution in [0.3, 0.4) is 0 Å². The number of likely N-dealkylation sites (tertiary alicyclic amines) is 1. The molecule has 1 N–H and O–H groups in total. The van der Waals surface area contributed by atoms with Gasteiger partial charge in [0, 0.05) is 32.2 Å². The quantitative estimate of drug-likeness (QED) is 0.727. The zero-order valence-corrected chi connectivity index (χ0v) is 13.5. The Kier molecular flexibility index (Phi) is 6.27. The largest absolute Gasteiger partial charge is 0.383 e. The molecule has 1 aromatic heterocycles. The van der Waals surface area contributed by atoms with Gasteiger partial charge in [-0.15, -0.1) is 0 Å². The summed E-state index contributed by atoms with van der Waals surface area (Å²) >= 11 is 0. The molecule has 0 aliphatic carbocycles. The van der Waals surface area contributed by atoms with Crippen molar-refractivity contribution in [2.45, 2.75) is 37.6 Å². The van der Waals surface area contributed by atoms with Crippen LogP contribution in [0.25, 0.3) is 0 Å². The molecule has 1 amide bonds. The monoisotopic (exact) mass is 306 g/mol. The molecule has 0 unspecified atom stereocenters. The normalized spacial score (nSPS) is 21.9. The van der Waals surface area contributed by atoms with Crippen LogP contribution in [-0.4, -0.2) is 60.2 Å². The Labute approximate surface area is 132 Å². The van der Waals surface area contributed by atoms with Gasteiger partial charge in [0.1, 0.15) is 5.54 Å². The van der Waals surface area contributed by atoms with Gasteiger partial charge in [0.15, 0.2) is 0 Å². The highest BCUT2D eigenvalue weighted by atomic mass is 16.5. The van der Waals surface area contributed by atoms with Crippen LogP contribution in [0, 0.1) is 0 Å². The summed E-state index contributed by atoms with van der Waals surface area (Å²) in [6.45, 7) is 2.09. The van der Waals surface area contributed by atoms with Crippen LogP contribution in [0.5, 0.6) is 0 Å². The van der Waals surface area contributed by atoms with E-state index < -0.39 is 0 Å². The van der Waals surface area contributed by atoms with E-state index in [-0.39, 0.29) is 11.4 Å². The molecule has 2 rings (SSSR count). The molecule has 0 spiro atoms. The minimum Gasteiger partial charge on any atom is -0.383 e. The first-order valence-corrected chi connectivity index (χ1v) is 7.92. The molecule has 0 bridgehead atoms. The van der Waals surface area contributed by atoms with Gasteiger partial charge in [-0.25, -0.2) is 0 Å². The molecular formula is C16H26N4O2. The molecule has 0 radical (unpaired) electrons. The standard InChI is InChI=1S/C16H26N4O2/c1-20-11-4-7-16(20,15(21)19-10-12-22-2)6-3-5-14-13-17-8-9-18-14/h8-9,13H,3-7,10-12H2,1-2H3,(H,19,21)/t16-/m1/s1. The molecule has 122 valence electrons. The Morgan fingerprint density at radius 3 is 3.00 bits per heavy atom. The number of amides is 1. The molecular weight excluding hydrogens is 280 g/mol. The SMILES string of the molecule is COCCNC(=O)[C@@]1(CCCc2cnccn2)CCCN1C. The van der Waals surface area contributed by atoms with Crippen molar-refractivity contribution in [1.82, 2.24) is 20.2 Å². The van der Waals surface area contributed by atoms with Gasteiger partial charge in [-0.3, -0.25) is 19.7 Å². The topological polar surface area (TPSA) is 67.3 Å². The molecule has 0 saturated carbocycles. The Morgan fingerprint density at radius 1 is 1.50 bits per heavy atom. The average molecular weight is 306 g/mol. The number of carbonyl (C=O) groups excluding carboxylic acids is 1. The summed E-state index contributed by atoms with van der Waals surface area (Å²) in [6, 6.07) is 0. The van der Waals surface area contributed by atoms with Crippen LogP contribution in [0.4, 0.5) is 0 Å². The molecule has 22 heavy (non-hydrogen) atoms. The second-order valence-corrected chi connectivity index (χ2v) is 5.86. The third-order valence-corrected chi connectivity index (χ3v) is 4.47. The second-order valence-electron chi connectivity index (χ2n) is 5.86. The summed E-state index contributed by atoms with van der Waals surface area (Å²) in [7, 11) is 3.69. The number of methoxy groups -OCH3 is 1. The predicted octanol–water partition coefficient (Wildman–Crippen LogP) is 1.03. The first-order valence-electron chi connectivity index (χ1n) is 7.92. The zero-order valence-electron chi connectivity index (χ0n) is 13.5. The number of rotatable bonds is 8. The van der Waals surface area contributed by atoms with E-state index in [1.807, 2.05) is 7.05 Å². The van der Waals surface area contributed by atoms with Crippen molar-refractivity contribution in [3.63, 3.8) is 0 Å². The highest BCUT2D eigenvalue weighted by Crippen LogP contribution is 2.33. The van der Waals surface area contributed by atoms with Crippen molar-refractivity contribution in [3.05, 3.63) is 24.3 Å². The van der Waals surface area contributed by atoms with Crippen LogP contribution in [0.1, 0.15) is 31.4 Å². The Morgan fingerprint density at radius 2 is 2.36 bits per heavy atom. The lowest BCUT2D eigenvalue weighted by atomic mass is 9.88. The summed E-state index contributed by atoms with van der Waals surface area (Å²) < 4.78 is 5.01. The Balaban J connectivity index is 1.92. The van der Waals surface area contributed by atoms with Gasteiger partial charge in [0.2, 0.25) is 5.91 Å². The second kappa shape index (κ2) is 8.19. The number of ether oxygens (including phenoxy) is 1. The van der Waals surface area contributed by atoms with Gasteiger partial charge in [-0.1, -0.05) is 0 Å². The van der Waals surface area contributed by atoms with Gasteiger partial charge in [-0.2, -0.15) is 0 Å². The Bertz CT molecular complexity index is 468. The molecule has 2 heterocycles. The van der Waals surface area contributed by atoms with Crippen molar-refractivity contribution in [2.75, 3.05) is 33.9 Å². The number of aryl methyl sites for hydroxylation is 1. The third-order valence-electron chi connectivity index (χ3n) is 4.47. The maximum atomic E-state index is 12.7. The van der Waals surface area contributed by atoms with Gasteiger partial charge in [-0.05, 0) is 45.7 Å². The highest BCUT2D eigenvalue weighted by Gasteiger charge is 2.44. The number of hydrogen-bond acceptors (Lipinski definition) is 5. The molecule has 1 aliphatic heterocycles. The van der Waals surface area contributed by atoms with E-state index in [1.54, 1.807) is 25.7 Å². The average Bonchev–Trinajstić information content (AvgIpc) is 2.91. The van der Waals surface area contributed by atoms with Gasteiger partial charge < -0.3 is 10.1 Å². The summed E-state index contributed by atoms with van der Waals surface area (Å²) in [4.78, 5) is 23.2. The zero-order chi connectivity index (χ0) is 15.8. The predicted molar refractivity (Wildman–Crippen MR) is 84.5 cm³/mol. The number of nitrogens with one attached hydrogen (secondary N) is 1. The first kappa shape index (κ1) is 16.8. The number of hydrogen-bond donors (Lipinski definition) is 1. The van der Waals surface area contributed by atoms with Crippen LogP contribution in [0.2, 0.25) is 0 Å². The maximum absolute atomic E-state index is 12.7. The summed E-state index contributed by atoms with van der Waals surface area (Å²) in [5.74, 6) is 0.128. The fraction of sp³-hybridized carbons (Fsp3) is 0.688. The molecule has 6 heteroatoms. The van der Waals surface area contributed by atoms with Crippen molar-refractivity contribution in [1.29, 1.82) is 0 Å². The molecule has 1 saturated heterocycles. The lowest BCUT2D eigenvalue weighted by molar-refractivity contribution is -0.132. The number of aromatic nitrogens is 2. The lowest BCUT2D eigenvalue weighted by Crippen LogP contribution is -2.54. The molecule has 1 atom stereocenters. The summed E-state index contributed by atoms with van der Waals surface area (Å²) in [5, 5.41) is 3.01. The van der Waals surface area contributed by atoms with Crippen LogP contribution < -0.4 is 5.32 Å². The fourth-order valence-electron chi connectivity index (χ4n) is 3.18. The van der Waals surface area contributed by atoms with E-state index in [1.165, 1.54) is 0 Å². The van der Waals surface area contributed by atoms with E-state index >= 15 is 0 Å². The van der Waals surface area contributed by atoms with Crippen molar-refractivity contribution in [2.24, 2.45) is 0 Å². The number of nitrogens with zero attached hydrogens (tertiary/aromatic N) is 3. The summed E-state index contributed by atoms with van der Waals surface area (Å²) in [5.41, 5.74) is 0.605. The van der Waals surface area contributed by atoms with E-state index in [0.29, 0.717) is 13.2 Å². The minimum atomic E-state index is -0.379. The molecule has 6 nitrogen and oxygen atoms in total. The van der Waals surface area contributed by atoms with E-state index in [2.05, 4.69) is 20.2 Å². The van der Waals surface area contributed by atoms with Gasteiger partial charge >= 0.3 is 0 Å². The number of carbonyl (C=O) groups is 1. The van der Waals surface area contributed by atoms with Crippen molar-refractivity contribution in [3.8, 4) is 0 Å². The minimum absolute atomic E-state index is 0.128. The van der Waals surface area contributed by atoms with Crippen molar-refractivity contribution < 1.29 is 9.53 Å². The van der Waals surface area contributed by atoms with Gasteiger partial charge in [0.25, 0.3) is 0 Å². The van der Waals surface area contributed by atoms with Crippen LogP contribution >= 0.6 is 0 Å². The molecule has 1 aliphatic rings. The van der Waals surface area contributed by atoms with Crippen LogP contribution in [0.15, 0.2) is 18.6 Å². The maximum Gasteiger partial charge on any atom is 0.240 e. The summed E-state index contributed by atoms with van der Waals surface area (Å²) in [6.07, 6.45) is 9.81. The van der Waals surface area contributed by atoms with Crippen LogP contribution in [-0.2, 0) is 16.0 Å². The third kappa shape index (κ3) is 4.01. The van der Waals surface area contributed by atoms with Crippen molar-refractivity contribution >= 4 is 5.91 Å². The molecule has 1 fully saturated rings. The highest BCUT2D eigenvalue weighted by molar-refractivity contribution is 5.86. The number of likely N-dealkylation sites (N-methyl/N-ethyl adjacent to an activating group) is 1. The van der Waals surface area contributed by atoms with E-state index in [4.69, 9.17) is 4.74 Å². The Hall–Kier alpha value is -1.53. The smallest absolute Gasteiger partial charge is 0.240 e. The first-order chi connectivity index (χ1) is 10.7. The lowest BCUT2D eigenvalue weighted by Gasteiger charge is -2.35. The van der Waals surface area contributed by atoms with E-state index in [9.17, 15) is 4.79 Å². The van der Waals surface area contributed by atoms with E-state index in [0.717, 1.165) is 44.3 Å².